The summed E-state index contributed by atoms with van der Waals surface area (Å²) in [5, 5.41) is 6.08. The maximum atomic E-state index is 13.6. The van der Waals surface area contributed by atoms with Crippen molar-refractivity contribution in [3.8, 4) is 0 Å². The highest BCUT2D eigenvalue weighted by Crippen LogP contribution is 2.23. The van der Waals surface area contributed by atoms with Gasteiger partial charge in [-0.2, -0.15) is 4.98 Å². The lowest BCUT2D eigenvalue weighted by Gasteiger charge is -2.19. The van der Waals surface area contributed by atoms with E-state index in [1.165, 1.54) is 6.07 Å². The summed E-state index contributed by atoms with van der Waals surface area (Å²) in [7, 11) is 0. The molecule has 2 heterocycles. The topological polar surface area (TPSA) is 69.8 Å². The summed E-state index contributed by atoms with van der Waals surface area (Å²) in [5.74, 6) is 0.0672. The van der Waals surface area contributed by atoms with Crippen molar-refractivity contribution in [2.75, 3.05) is 11.9 Å². The molecule has 1 aliphatic rings. The standard InChI is InChI=1S/C13H13FN4O/c14-9-3-1-2-4-10(9)16-12-8-5-6-15-7-11(8)17-13(19)18-12/h1-4,15H,5-7H2,(H2,16,17,18,19). The molecule has 3 N–H and O–H groups in total. The molecule has 0 fully saturated rings. The maximum absolute atomic E-state index is 13.6. The van der Waals surface area contributed by atoms with Crippen molar-refractivity contribution in [1.82, 2.24) is 15.3 Å². The van der Waals surface area contributed by atoms with Crippen molar-refractivity contribution in [1.29, 1.82) is 0 Å². The molecule has 1 aliphatic heterocycles. The zero-order chi connectivity index (χ0) is 13.2. The molecule has 5 nitrogen and oxygen atoms in total. The number of hydrogen-bond donors (Lipinski definition) is 3. The first kappa shape index (κ1) is 11.9. The second-order valence-corrected chi connectivity index (χ2v) is 4.38. The van der Waals surface area contributed by atoms with E-state index in [1.807, 2.05) is 0 Å². The van der Waals surface area contributed by atoms with Gasteiger partial charge in [0, 0.05) is 17.8 Å². The van der Waals surface area contributed by atoms with Crippen molar-refractivity contribution >= 4 is 11.5 Å². The first-order valence-electron chi connectivity index (χ1n) is 6.08. The minimum Gasteiger partial charge on any atom is -0.337 e. The van der Waals surface area contributed by atoms with Gasteiger partial charge in [0.2, 0.25) is 0 Å². The third kappa shape index (κ3) is 2.34. The van der Waals surface area contributed by atoms with Gasteiger partial charge in [-0.1, -0.05) is 12.1 Å². The fourth-order valence-corrected chi connectivity index (χ4v) is 2.18. The monoisotopic (exact) mass is 260 g/mol. The van der Waals surface area contributed by atoms with E-state index in [9.17, 15) is 9.18 Å². The van der Waals surface area contributed by atoms with E-state index in [4.69, 9.17) is 0 Å². The predicted octanol–water partition coefficient (Wildman–Crippen LogP) is 1.30. The first-order chi connectivity index (χ1) is 9.24. The summed E-state index contributed by atoms with van der Waals surface area (Å²) in [5.41, 5.74) is 1.63. The third-order valence-corrected chi connectivity index (χ3v) is 3.10. The van der Waals surface area contributed by atoms with E-state index >= 15 is 0 Å². The molecule has 0 radical (unpaired) electrons. The van der Waals surface area contributed by atoms with Crippen molar-refractivity contribution < 1.29 is 4.39 Å². The van der Waals surface area contributed by atoms with Gasteiger partial charge in [-0.25, -0.2) is 9.18 Å². The fourth-order valence-electron chi connectivity index (χ4n) is 2.18. The molecule has 19 heavy (non-hydrogen) atoms. The van der Waals surface area contributed by atoms with Crippen molar-refractivity contribution in [2.24, 2.45) is 0 Å². The number of para-hydroxylation sites is 1. The molecule has 0 bridgehead atoms. The van der Waals surface area contributed by atoms with Crippen molar-refractivity contribution in [2.45, 2.75) is 13.0 Å². The number of fused-ring (bicyclic) bond motifs is 1. The molecule has 0 aliphatic carbocycles. The second kappa shape index (κ2) is 4.81. The highest BCUT2D eigenvalue weighted by Gasteiger charge is 2.16. The lowest BCUT2D eigenvalue weighted by atomic mass is 10.1. The Bertz CT molecular complexity index is 668. The van der Waals surface area contributed by atoms with Crippen LogP contribution < -0.4 is 16.3 Å². The Labute approximate surface area is 108 Å². The number of nitrogens with zero attached hydrogens (tertiary/aromatic N) is 1. The molecule has 0 amide bonds. The summed E-state index contributed by atoms with van der Waals surface area (Å²) < 4.78 is 13.6. The Morgan fingerprint density at radius 1 is 1.32 bits per heavy atom. The van der Waals surface area contributed by atoms with Crippen LogP contribution in [0, 0.1) is 5.82 Å². The van der Waals surface area contributed by atoms with E-state index < -0.39 is 5.69 Å². The molecule has 0 saturated carbocycles. The first-order valence-corrected chi connectivity index (χ1v) is 6.08. The number of anilines is 2. The molecule has 98 valence electrons. The Morgan fingerprint density at radius 3 is 3.00 bits per heavy atom. The van der Waals surface area contributed by atoms with E-state index in [1.54, 1.807) is 18.2 Å². The average molecular weight is 260 g/mol. The SMILES string of the molecule is O=c1nc(Nc2ccccc2F)c2c([nH]1)CNCC2. The molecule has 0 spiro atoms. The third-order valence-electron chi connectivity index (χ3n) is 3.10. The lowest BCUT2D eigenvalue weighted by molar-refractivity contribution is 0.619. The molecule has 1 aromatic heterocycles. The summed E-state index contributed by atoms with van der Waals surface area (Å²) in [6, 6.07) is 6.33. The number of aromatic nitrogens is 2. The molecule has 3 rings (SSSR count). The van der Waals surface area contributed by atoms with Gasteiger partial charge >= 0.3 is 5.69 Å². The van der Waals surface area contributed by atoms with Crippen LogP contribution in [0.15, 0.2) is 29.1 Å². The van der Waals surface area contributed by atoms with Gasteiger partial charge in [0.05, 0.1) is 5.69 Å². The van der Waals surface area contributed by atoms with Crippen LogP contribution in [0.1, 0.15) is 11.3 Å². The quantitative estimate of drug-likeness (QED) is 0.761. The summed E-state index contributed by atoms with van der Waals surface area (Å²) in [6.07, 6.45) is 0.746. The van der Waals surface area contributed by atoms with Crippen LogP contribution in [0.4, 0.5) is 15.9 Å². The highest BCUT2D eigenvalue weighted by atomic mass is 19.1. The van der Waals surface area contributed by atoms with Gasteiger partial charge in [0.15, 0.2) is 0 Å². The molecule has 1 aromatic carbocycles. The summed E-state index contributed by atoms with van der Waals surface area (Å²) in [4.78, 5) is 18.1. The van der Waals surface area contributed by atoms with Gasteiger partial charge in [0.25, 0.3) is 0 Å². The van der Waals surface area contributed by atoms with Crippen LogP contribution >= 0.6 is 0 Å². The molecule has 0 saturated heterocycles. The highest BCUT2D eigenvalue weighted by molar-refractivity contribution is 5.60. The summed E-state index contributed by atoms with van der Waals surface area (Å²) in [6.45, 7) is 1.41. The van der Waals surface area contributed by atoms with Gasteiger partial charge in [-0.05, 0) is 25.1 Å². The number of rotatable bonds is 2. The normalized spacial score (nSPS) is 13.9. The smallest absolute Gasteiger partial charge is 0.337 e. The van der Waals surface area contributed by atoms with E-state index in [-0.39, 0.29) is 5.82 Å². The summed E-state index contributed by atoms with van der Waals surface area (Å²) >= 11 is 0. The average Bonchev–Trinajstić information content (AvgIpc) is 2.41. The second-order valence-electron chi connectivity index (χ2n) is 4.38. The van der Waals surface area contributed by atoms with Gasteiger partial charge in [0.1, 0.15) is 11.6 Å². The number of nitrogens with one attached hydrogen (secondary N) is 3. The van der Waals surface area contributed by atoms with Crippen LogP contribution in [0.25, 0.3) is 0 Å². The number of aromatic amines is 1. The fraction of sp³-hybridized carbons (Fsp3) is 0.231. The van der Waals surface area contributed by atoms with Crippen LogP contribution in [0.3, 0.4) is 0 Å². The molecular formula is C13H13FN4O. The Hall–Kier alpha value is -2.21. The maximum Gasteiger partial charge on any atom is 0.347 e. The van der Waals surface area contributed by atoms with E-state index in [2.05, 4.69) is 20.6 Å². The van der Waals surface area contributed by atoms with Gasteiger partial charge in [-0.15, -0.1) is 0 Å². The molecule has 0 unspecified atom stereocenters. The van der Waals surface area contributed by atoms with Crippen LogP contribution in [0.2, 0.25) is 0 Å². The Morgan fingerprint density at radius 2 is 2.16 bits per heavy atom. The zero-order valence-corrected chi connectivity index (χ0v) is 10.2. The zero-order valence-electron chi connectivity index (χ0n) is 10.2. The van der Waals surface area contributed by atoms with Crippen LogP contribution in [-0.4, -0.2) is 16.5 Å². The predicted molar refractivity (Wildman–Crippen MR) is 70.0 cm³/mol. The lowest BCUT2D eigenvalue weighted by Crippen LogP contribution is -2.29. The number of H-pyrrole nitrogens is 1. The van der Waals surface area contributed by atoms with E-state index in [0.29, 0.717) is 18.1 Å². The molecular weight excluding hydrogens is 247 g/mol. The van der Waals surface area contributed by atoms with Gasteiger partial charge in [-0.3, -0.25) is 0 Å². The van der Waals surface area contributed by atoms with Crippen LogP contribution in [-0.2, 0) is 13.0 Å². The minimum absolute atomic E-state index is 0.321. The largest absolute Gasteiger partial charge is 0.347 e. The van der Waals surface area contributed by atoms with Crippen LogP contribution in [0.5, 0.6) is 0 Å². The minimum atomic E-state index is -0.429. The molecule has 0 atom stereocenters. The van der Waals surface area contributed by atoms with Crippen molar-refractivity contribution in [3.05, 3.63) is 51.8 Å². The Balaban J connectivity index is 2.03. The molecule has 2 aromatic rings. The Kier molecular flexibility index (Phi) is 3.00. The molecule has 6 heteroatoms. The van der Waals surface area contributed by atoms with Gasteiger partial charge < -0.3 is 15.6 Å². The number of benzene rings is 1. The number of hydrogen-bond acceptors (Lipinski definition) is 4. The van der Waals surface area contributed by atoms with E-state index in [0.717, 1.165) is 24.2 Å². The number of halogens is 1. The van der Waals surface area contributed by atoms with Crippen molar-refractivity contribution in [3.63, 3.8) is 0 Å².